The molecule has 1 heterocycles. The summed E-state index contributed by atoms with van der Waals surface area (Å²) in [5, 5.41) is 0.739. The number of amides is 1. The number of halogens is 1. The lowest BCUT2D eigenvalue weighted by molar-refractivity contribution is 0.0985. The number of likely N-dealkylation sites (N-methyl/N-ethyl adjacent to an activating group) is 1. The van der Waals surface area contributed by atoms with Crippen LogP contribution in [0.25, 0.3) is 10.2 Å². The van der Waals surface area contributed by atoms with Gasteiger partial charge in [0.15, 0.2) is 5.13 Å². The van der Waals surface area contributed by atoms with E-state index in [1.54, 1.807) is 16.2 Å². The molecule has 1 amide bonds. The van der Waals surface area contributed by atoms with E-state index in [4.69, 9.17) is 9.72 Å². The minimum absolute atomic E-state index is 0. The van der Waals surface area contributed by atoms with Crippen LogP contribution >= 0.6 is 23.7 Å². The molecule has 0 N–H and O–H groups in total. The smallest absolute Gasteiger partial charge is 0.260 e. The highest BCUT2D eigenvalue weighted by Crippen LogP contribution is 2.32. The molecule has 0 fully saturated rings. The Balaban J connectivity index is 0.00000320. The highest BCUT2D eigenvalue weighted by Gasteiger charge is 2.22. The van der Waals surface area contributed by atoms with E-state index in [1.807, 2.05) is 52.2 Å². The van der Waals surface area contributed by atoms with Crippen LogP contribution in [0.5, 0.6) is 5.75 Å². The van der Waals surface area contributed by atoms with Crippen LogP contribution in [0.1, 0.15) is 35.3 Å². The van der Waals surface area contributed by atoms with Crippen molar-refractivity contribution in [2.24, 2.45) is 0 Å². The van der Waals surface area contributed by atoms with Gasteiger partial charge in [-0.3, -0.25) is 9.69 Å². The van der Waals surface area contributed by atoms with Crippen molar-refractivity contribution in [2.75, 3.05) is 32.1 Å². The van der Waals surface area contributed by atoms with Gasteiger partial charge >= 0.3 is 0 Å². The number of aromatic nitrogens is 1. The third-order valence-electron chi connectivity index (χ3n) is 4.54. The van der Waals surface area contributed by atoms with E-state index in [0.717, 1.165) is 33.2 Å². The van der Waals surface area contributed by atoms with Gasteiger partial charge in [0.1, 0.15) is 5.75 Å². The Morgan fingerprint density at radius 2 is 1.77 bits per heavy atom. The predicted octanol–water partition coefficient (Wildman–Crippen LogP) is 5.33. The first kappa shape index (κ1) is 24.1. The fourth-order valence-corrected chi connectivity index (χ4v) is 4.33. The minimum atomic E-state index is -0.0450. The summed E-state index contributed by atoms with van der Waals surface area (Å²) in [7, 11) is 4.01. The van der Waals surface area contributed by atoms with E-state index in [1.165, 1.54) is 5.56 Å². The molecule has 0 atom stereocenters. The summed E-state index contributed by atoms with van der Waals surface area (Å²) in [6.45, 7) is 9.46. The molecule has 30 heavy (non-hydrogen) atoms. The van der Waals surface area contributed by atoms with Crippen molar-refractivity contribution in [1.82, 2.24) is 9.88 Å². The van der Waals surface area contributed by atoms with Gasteiger partial charge < -0.3 is 9.64 Å². The Bertz CT molecular complexity index is 1000. The van der Waals surface area contributed by atoms with Gasteiger partial charge in [0.2, 0.25) is 0 Å². The number of anilines is 1. The second-order valence-electron chi connectivity index (χ2n) is 7.88. The molecule has 0 bridgehead atoms. The molecule has 2 aromatic carbocycles. The van der Waals surface area contributed by atoms with Crippen LogP contribution in [0.3, 0.4) is 0 Å². The number of hydrogen-bond donors (Lipinski definition) is 0. The molecular formula is C23H30ClN3O2S. The molecule has 1 aromatic heterocycles. The standard InChI is InChI=1S/C23H29N3O2S.ClH/c1-15(2)28-19-9-7-18(8-10-19)22(27)26(12-11-25(5)6)23-24-21-17(4)13-16(3)14-20(21)29-23;/h7-10,13-15H,11-12H2,1-6H3;1H. The molecule has 0 aliphatic rings. The number of ether oxygens (including phenoxy) is 1. The van der Waals surface area contributed by atoms with Crippen molar-refractivity contribution < 1.29 is 9.53 Å². The van der Waals surface area contributed by atoms with Crippen LogP contribution in [0, 0.1) is 13.8 Å². The van der Waals surface area contributed by atoms with Crippen molar-refractivity contribution in [3.63, 3.8) is 0 Å². The van der Waals surface area contributed by atoms with E-state index >= 15 is 0 Å². The second-order valence-corrected chi connectivity index (χ2v) is 8.89. The SMILES string of the molecule is Cc1cc(C)c2nc(N(CCN(C)C)C(=O)c3ccc(OC(C)C)cc3)sc2c1.Cl. The zero-order chi connectivity index (χ0) is 21.1. The van der Waals surface area contributed by atoms with Crippen molar-refractivity contribution in [1.29, 1.82) is 0 Å². The zero-order valence-corrected chi connectivity index (χ0v) is 20.1. The topological polar surface area (TPSA) is 45.7 Å². The maximum absolute atomic E-state index is 13.4. The molecule has 162 valence electrons. The maximum Gasteiger partial charge on any atom is 0.260 e. The Labute approximate surface area is 189 Å². The van der Waals surface area contributed by atoms with Gasteiger partial charge in [0.25, 0.3) is 5.91 Å². The summed E-state index contributed by atoms with van der Waals surface area (Å²) >= 11 is 1.57. The Morgan fingerprint density at radius 3 is 2.37 bits per heavy atom. The first-order valence-electron chi connectivity index (χ1n) is 9.85. The highest BCUT2D eigenvalue weighted by molar-refractivity contribution is 7.22. The van der Waals surface area contributed by atoms with Crippen LogP contribution in [0.4, 0.5) is 5.13 Å². The molecule has 7 heteroatoms. The number of aryl methyl sites for hydroxylation is 2. The first-order valence-corrected chi connectivity index (χ1v) is 10.7. The number of hydrogen-bond acceptors (Lipinski definition) is 5. The van der Waals surface area contributed by atoms with E-state index in [-0.39, 0.29) is 24.4 Å². The summed E-state index contributed by atoms with van der Waals surface area (Å²) in [5.74, 6) is 0.721. The van der Waals surface area contributed by atoms with Crippen LogP contribution in [0.2, 0.25) is 0 Å². The summed E-state index contributed by atoms with van der Waals surface area (Å²) < 4.78 is 6.81. The van der Waals surface area contributed by atoms with Crippen LogP contribution in [-0.2, 0) is 0 Å². The maximum atomic E-state index is 13.4. The quantitative estimate of drug-likeness (QED) is 0.491. The average Bonchev–Trinajstić information content (AvgIpc) is 3.05. The van der Waals surface area contributed by atoms with Crippen LogP contribution in [-0.4, -0.2) is 49.1 Å². The number of benzene rings is 2. The van der Waals surface area contributed by atoms with E-state index in [2.05, 4.69) is 30.9 Å². The third-order valence-corrected chi connectivity index (χ3v) is 5.56. The number of fused-ring (bicyclic) bond motifs is 1. The normalized spacial score (nSPS) is 11.1. The zero-order valence-electron chi connectivity index (χ0n) is 18.4. The molecule has 0 radical (unpaired) electrons. The molecule has 0 spiro atoms. The molecule has 5 nitrogen and oxygen atoms in total. The minimum Gasteiger partial charge on any atom is -0.491 e. The predicted molar refractivity (Wildman–Crippen MR) is 129 cm³/mol. The average molecular weight is 448 g/mol. The second kappa shape index (κ2) is 10.2. The highest BCUT2D eigenvalue weighted by atomic mass is 35.5. The number of thiazole rings is 1. The lowest BCUT2D eigenvalue weighted by Crippen LogP contribution is -2.36. The summed E-state index contributed by atoms with van der Waals surface area (Å²) in [4.78, 5) is 22.0. The molecule has 3 aromatic rings. The number of carbonyl (C=O) groups excluding carboxylic acids is 1. The molecule has 3 rings (SSSR count). The number of rotatable bonds is 7. The van der Waals surface area contributed by atoms with E-state index in [0.29, 0.717) is 12.1 Å². The molecule has 0 unspecified atom stereocenters. The third kappa shape index (κ3) is 5.72. The van der Waals surface area contributed by atoms with Gasteiger partial charge in [0, 0.05) is 18.7 Å². The summed E-state index contributed by atoms with van der Waals surface area (Å²) in [5.41, 5.74) is 3.95. The monoisotopic (exact) mass is 447 g/mol. The lowest BCUT2D eigenvalue weighted by Gasteiger charge is -2.22. The Kier molecular flexibility index (Phi) is 8.24. The summed E-state index contributed by atoms with van der Waals surface area (Å²) in [6.07, 6.45) is 0.0996. The number of carbonyl (C=O) groups is 1. The lowest BCUT2D eigenvalue weighted by atomic mass is 10.1. The molecule has 0 saturated carbocycles. The van der Waals surface area contributed by atoms with Gasteiger partial charge in [0.05, 0.1) is 16.3 Å². The fraction of sp³-hybridized carbons (Fsp3) is 0.391. The van der Waals surface area contributed by atoms with Gasteiger partial charge in [-0.05, 0) is 83.2 Å². The fourth-order valence-electron chi connectivity index (χ4n) is 3.16. The molecule has 0 aliphatic carbocycles. The van der Waals surface area contributed by atoms with Crippen molar-refractivity contribution in [3.8, 4) is 5.75 Å². The van der Waals surface area contributed by atoms with Gasteiger partial charge in [-0.15, -0.1) is 12.4 Å². The van der Waals surface area contributed by atoms with Crippen molar-refractivity contribution in [3.05, 3.63) is 53.1 Å². The van der Waals surface area contributed by atoms with Gasteiger partial charge in [-0.1, -0.05) is 17.4 Å². The van der Waals surface area contributed by atoms with Gasteiger partial charge in [-0.25, -0.2) is 4.98 Å². The number of nitrogens with zero attached hydrogens (tertiary/aromatic N) is 3. The molecular weight excluding hydrogens is 418 g/mol. The first-order chi connectivity index (χ1) is 13.7. The van der Waals surface area contributed by atoms with Crippen molar-refractivity contribution >= 4 is 45.0 Å². The Morgan fingerprint density at radius 1 is 1.10 bits per heavy atom. The van der Waals surface area contributed by atoms with Crippen LogP contribution in [0.15, 0.2) is 36.4 Å². The largest absolute Gasteiger partial charge is 0.491 e. The summed E-state index contributed by atoms with van der Waals surface area (Å²) in [6, 6.07) is 11.6. The van der Waals surface area contributed by atoms with Crippen molar-refractivity contribution in [2.45, 2.75) is 33.8 Å². The van der Waals surface area contributed by atoms with Gasteiger partial charge in [-0.2, -0.15) is 0 Å². The Hall–Kier alpha value is -2.15. The van der Waals surface area contributed by atoms with E-state index in [9.17, 15) is 4.79 Å². The molecule has 0 saturated heterocycles. The van der Waals surface area contributed by atoms with Crippen LogP contribution < -0.4 is 9.64 Å². The molecule has 0 aliphatic heterocycles. The van der Waals surface area contributed by atoms with E-state index < -0.39 is 0 Å².